The zero-order chi connectivity index (χ0) is 14.1. The van der Waals surface area contributed by atoms with Gasteiger partial charge in [-0.3, -0.25) is 4.79 Å². The van der Waals surface area contributed by atoms with Crippen LogP contribution in [0.2, 0.25) is 0 Å². The van der Waals surface area contributed by atoms with Crippen LogP contribution in [0.3, 0.4) is 0 Å². The highest BCUT2D eigenvalue weighted by atomic mass is 16.5. The highest BCUT2D eigenvalue weighted by Gasteiger charge is 2.13. The SMILES string of the molecule is CCC(=O)Nc1cc2oc3ccccc3c2cc1OC. The second-order valence-corrected chi connectivity index (χ2v) is 4.55. The van der Waals surface area contributed by atoms with Crippen molar-refractivity contribution >= 4 is 33.5 Å². The molecule has 0 radical (unpaired) electrons. The highest BCUT2D eigenvalue weighted by Crippen LogP contribution is 2.36. The number of hydrogen-bond acceptors (Lipinski definition) is 3. The maximum Gasteiger partial charge on any atom is 0.224 e. The van der Waals surface area contributed by atoms with Crippen LogP contribution in [0.5, 0.6) is 5.75 Å². The number of methoxy groups -OCH3 is 1. The molecule has 1 heterocycles. The van der Waals surface area contributed by atoms with E-state index in [-0.39, 0.29) is 5.91 Å². The number of benzene rings is 2. The van der Waals surface area contributed by atoms with Gasteiger partial charge in [0.1, 0.15) is 16.9 Å². The van der Waals surface area contributed by atoms with Crippen LogP contribution < -0.4 is 10.1 Å². The minimum absolute atomic E-state index is 0.0567. The average molecular weight is 269 g/mol. The number of para-hydroxylation sites is 1. The van der Waals surface area contributed by atoms with Gasteiger partial charge in [-0.05, 0) is 12.1 Å². The molecule has 1 N–H and O–H groups in total. The second-order valence-electron chi connectivity index (χ2n) is 4.55. The van der Waals surface area contributed by atoms with Gasteiger partial charge in [-0.25, -0.2) is 0 Å². The minimum atomic E-state index is -0.0567. The van der Waals surface area contributed by atoms with Crippen LogP contribution in [0, 0.1) is 0 Å². The lowest BCUT2D eigenvalue weighted by molar-refractivity contribution is -0.115. The number of carbonyl (C=O) groups is 1. The van der Waals surface area contributed by atoms with Crippen LogP contribution >= 0.6 is 0 Å². The molecule has 0 aliphatic carbocycles. The Balaban J connectivity index is 2.21. The van der Waals surface area contributed by atoms with Crippen molar-refractivity contribution in [2.75, 3.05) is 12.4 Å². The summed E-state index contributed by atoms with van der Waals surface area (Å²) < 4.78 is 11.2. The van der Waals surface area contributed by atoms with Crippen molar-refractivity contribution in [2.24, 2.45) is 0 Å². The number of ether oxygens (including phenoxy) is 1. The van der Waals surface area contributed by atoms with Crippen molar-refractivity contribution in [3.8, 4) is 5.75 Å². The molecule has 0 atom stereocenters. The molecule has 0 aliphatic rings. The molecule has 3 aromatic rings. The van der Waals surface area contributed by atoms with E-state index in [1.54, 1.807) is 7.11 Å². The first kappa shape index (κ1) is 12.5. The first-order chi connectivity index (χ1) is 9.72. The summed E-state index contributed by atoms with van der Waals surface area (Å²) in [5.41, 5.74) is 2.19. The molecular weight excluding hydrogens is 254 g/mol. The molecule has 0 saturated carbocycles. The summed E-state index contributed by atoms with van der Waals surface area (Å²) in [5.74, 6) is 0.574. The predicted octanol–water partition coefficient (Wildman–Crippen LogP) is 3.94. The fourth-order valence-corrected chi connectivity index (χ4v) is 2.26. The predicted molar refractivity (Wildman–Crippen MR) is 79.2 cm³/mol. The van der Waals surface area contributed by atoms with Gasteiger partial charge in [-0.15, -0.1) is 0 Å². The van der Waals surface area contributed by atoms with Crippen molar-refractivity contribution in [1.82, 2.24) is 0 Å². The third kappa shape index (κ3) is 1.99. The maximum atomic E-state index is 11.6. The van der Waals surface area contributed by atoms with Crippen molar-refractivity contribution in [3.05, 3.63) is 36.4 Å². The first-order valence-electron chi connectivity index (χ1n) is 6.52. The number of amides is 1. The maximum absolute atomic E-state index is 11.6. The summed E-state index contributed by atoms with van der Waals surface area (Å²) in [6.07, 6.45) is 0.418. The molecule has 2 aromatic carbocycles. The van der Waals surface area contributed by atoms with Crippen LogP contribution in [0.15, 0.2) is 40.8 Å². The van der Waals surface area contributed by atoms with Crippen molar-refractivity contribution in [3.63, 3.8) is 0 Å². The summed E-state index contributed by atoms with van der Waals surface area (Å²) in [4.78, 5) is 11.6. The van der Waals surface area contributed by atoms with Crippen molar-refractivity contribution in [2.45, 2.75) is 13.3 Å². The summed E-state index contributed by atoms with van der Waals surface area (Å²) in [7, 11) is 1.59. The quantitative estimate of drug-likeness (QED) is 0.783. The van der Waals surface area contributed by atoms with Gasteiger partial charge in [0.2, 0.25) is 5.91 Å². The zero-order valence-electron chi connectivity index (χ0n) is 11.4. The van der Waals surface area contributed by atoms with E-state index in [9.17, 15) is 4.79 Å². The lowest BCUT2D eigenvalue weighted by Crippen LogP contribution is -2.10. The Hall–Kier alpha value is -2.49. The molecular formula is C16H15NO3. The molecule has 102 valence electrons. The third-order valence-electron chi connectivity index (χ3n) is 3.29. The monoisotopic (exact) mass is 269 g/mol. The number of fused-ring (bicyclic) bond motifs is 3. The third-order valence-corrected chi connectivity index (χ3v) is 3.29. The Labute approximate surface area is 116 Å². The molecule has 4 nitrogen and oxygen atoms in total. The highest BCUT2D eigenvalue weighted by molar-refractivity contribution is 6.07. The molecule has 20 heavy (non-hydrogen) atoms. The standard InChI is InChI=1S/C16H15NO3/c1-3-16(18)17-12-9-14-11(8-15(12)19-2)10-6-4-5-7-13(10)20-14/h4-9H,3H2,1-2H3,(H,17,18). The van der Waals surface area contributed by atoms with E-state index in [1.165, 1.54) is 0 Å². The molecule has 0 fully saturated rings. The molecule has 0 bridgehead atoms. The summed E-state index contributed by atoms with van der Waals surface area (Å²) >= 11 is 0. The van der Waals surface area contributed by atoms with E-state index >= 15 is 0 Å². The number of furan rings is 1. The van der Waals surface area contributed by atoms with Crippen LogP contribution in [0.4, 0.5) is 5.69 Å². The van der Waals surface area contributed by atoms with Crippen LogP contribution in [0.25, 0.3) is 21.9 Å². The van der Waals surface area contributed by atoms with Gasteiger partial charge in [0, 0.05) is 23.3 Å². The second kappa shape index (κ2) is 4.89. The molecule has 4 heteroatoms. The minimum Gasteiger partial charge on any atom is -0.495 e. The number of nitrogens with one attached hydrogen (secondary N) is 1. The van der Waals surface area contributed by atoms with E-state index < -0.39 is 0 Å². The van der Waals surface area contributed by atoms with Gasteiger partial charge in [-0.1, -0.05) is 25.1 Å². The van der Waals surface area contributed by atoms with Crippen LogP contribution in [-0.2, 0) is 4.79 Å². The van der Waals surface area contributed by atoms with Gasteiger partial charge in [0.05, 0.1) is 12.8 Å². The number of anilines is 1. The zero-order valence-corrected chi connectivity index (χ0v) is 11.4. The molecule has 0 saturated heterocycles. The van der Waals surface area contributed by atoms with Crippen molar-refractivity contribution < 1.29 is 13.9 Å². The van der Waals surface area contributed by atoms with Gasteiger partial charge in [-0.2, -0.15) is 0 Å². The Kier molecular flexibility index (Phi) is 3.06. The van der Waals surface area contributed by atoms with Crippen LogP contribution in [-0.4, -0.2) is 13.0 Å². The number of hydrogen-bond donors (Lipinski definition) is 1. The molecule has 1 amide bonds. The normalized spacial score (nSPS) is 10.9. The summed E-state index contributed by atoms with van der Waals surface area (Å²) in [6, 6.07) is 11.5. The Morgan fingerprint density at radius 2 is 2.00 bits per heavy atom. The van der Waals surface area contributed by atoms with Gasteiger partial charge < -0.3 is 14.5 Å². The van der Waals surface area contributed by atoms with Gasteiger partial charge in [0.25, 0.3) is 0 Å². The lowest BCUT2D eigenvalue weighted by atomic mass is 10.1. The van der Waals surface area contributed by atoms with Crippen LogP contribution in [0.1, 0.15) is 13.3 Å². The van der Waals surface area contributed by atoms with Crippen molar-refractivity contribution in [1.29, 1.82) is 0 Å². The Morgan fingerprint density at radius 1 is 1.20 bits per heavy atom. The Morgan fingerprint density at radius 3 is 2.75 bits per heavy atom. The molecule has 3 rings (SSSR count). The first-order valence-corrected chi connectivity index (χ1v) is 6.52. The average Bonchev–Trinajstić information content (AvgIpc) is 2.83. The number of carbonyl (C=O) groups excluding carboxylic acids is 1. The van der Waals surface area contributed by atoms with E-state index in [4.69, 9.17) is 9.15 Å². The van der Waals surface area contributed by atoms with E-state index in [0.29, 0.717) is 17.9 Å². The fourth-order valence-electron chi connectivity index (χ4n) is 2.26. The smallest absolute Gasteiger partial charge is 0.224 e. The molecule has 1 aromatic heterocycles. The van der Waals surface area contributed by atoms with E-state index in [1.807, 2.05) is 43.3 Å². The van der Waals surface area contributed by atoms with E-state index in [0.717, 1.165) is 21.9 Å². The van der Waals surface area contributed by atoms with Gasteiger partial charge >= 0.3 is 0 Å². The molecule has 0 aliphatic heterocycles. The van der Waals surface area contributed by atoms with E-state index in [2.05, 4.69) is 5.32 Å². The largest absolute Gasteiger partial charge is 0.495 e. The summed E-state index contributed by atoms with van der Waals surface area (Å²) in [6.45, 7) is 1.81. The number of rotatable bonds is 3. The topological polar surface area (TPSA) is 51.5 Å². The Bertz CT molecular complexity index is 789. The molecule has 0 spiro atoms. The summed E-state index contributed by atoms with van der Waals surface area (Å²) in [5, 5.41) is 4.84. The van der Waals surface area contributed by atoms with Gasteiger partial charge in [0.15, 0.2) is 0 Å². The lowest BCUT2D eigenvalue weighted by Gasteiger charge is -2.09. The fraction of sp³-hybridized carbons (Fsp3) is 0.188. The molecule has 0 unspecified atom stereocenters.